The van der Waals surface area contributed by atoms with Crippen molar-refractivity contribution in [3.05, 3.63) is 20.6 Å². The molecule has 0 aliphatic carbocycles. The summed E-state index contributed by atoms with van der Waals surface area (Å²) in [6.07, 6.45) is 0. The summed E-state index contributed by atoms with van der Waals surface area (Å²) in [7, 11) is 0. The van der Waals surface area contributed by atoms with Crippen LogP contribution in [0.1, 0.15) is 0 Å². The van der Waals surface area contributed by atoms with Gasteiger partial charge in [0, 0.05) is 10.0 Å². The Labute approximate surface area is 66.8 Å². The molecule has 0 N–H and O–H groups in total. The molecule has 8 heteroatoms. The van der Waals surface area contributed by atoms with Crippen LogP contribution in [0.4, 0.5) is 0 Å². The molecule has 0 amide bonds. The Morgan fingerprint density at radius 3 is 2.83 bits per heavy atom. The molecule has 1 unspecified atom stereocenters. The molecule has 0 saturated carbocycles. The zero-order valence-electron chi connectivity index (χ0n) is 6.04. The third-order valence-electron chi connectivity index (χ3n) is 1.34. The van der Waals surface area contributed by atoms with Crippen molar-refractivity contribution in [2.75, 3.05) is 19.8 Å². The van der Waals surface area contributed by atoms with Gasteiger partial charge < -0.3 is 9.47 Å². The van der Waals surface area contributed by atoms with Gasteiger partial charge in [-0.1, -0.05) is 0 Å². The lowest BCUT2D eigenvalue weighted by atomic mass is 10.4. The van der Waals surface area contributed by atoms with Gasteiger partial charge >= 0.3 is 5.85 Å². The third-order valence-corrected chi connectivity index (χ3v) is 1.34. The molecule has 0 aromatic rings. The smallest absolute Gasteiger partial charge is 0.369 e. The van der Waals surface area contributed by atoms with E-state index in [0.717, 1.165) is 0 Å². The molecule has 1 aliphatic rings. The van der Waals surface area contributed by atoms with Crippen LogP contribution in [0.2, 0.25) is 0 Å². The molecule has 1 atom stereocenters. The minimum absolute atomic E-state index is 0.0556. The van der Waals surface area contributed by atoms with Gasteiger partial charge in [0.25, 0.3) is 0 Å². The first-order chi connectivity index (χ1) is 5.71. The van der Waals surface area contributed by atoms with E-state index in [4.69, 9.17) is 15.0 Å². The van der Waals surface area contributed by atoms with Crippen LogP contribution in [0.15, 0.2) is 5.11 Å². The van der Waals surface area contributed by atoms with Crippen LogP contribution in [0.3, 0.4) is 0 Å². The number of ether oxygens (including phenoxy) is 2. The van der Waals surface area contributed by atoms with Gasteiger partial charge in [-0.05, 0) is 5.53 Å². The average molecular weight is 174 g/mol. The van der Waals surface area contributed by atoms with E-state index in [1.165, 1.54) is 0 Å². The fraction of sp³-hybridized carbons (Fsp3) is 1.00. The van der Waals surface area contributed by atoms with Gasteiger partial charge in [0.05, 0.1) is 18.1 Å². The van der Waals surface area contributed by atoms with E-state index in [0.29, 0.717) is 0 Å². The van der Waals surface area contributed by atoms with Crippen molar-refractivity contribution in [3.63, 3.8) is 0 Å². The zero-order chi connectivity index (χ0) is 9.03. The Hall–Kier alpha value is -1.37. The van der Waals surface area contributed by atoms with Crippen LogP contribution in [0.25, 0.3) is 10.4 Å². The summed E-state index contributed by atoms with van der Waals surface area (Å²) in [6, 6.07) is 0. The number of rotatable bonds is 2. The monoisotopic (exact) mass is 174 g/mol. The van der Waals surface area contributed by atoms with Gasteiger partial charge in [0.15, 0.2) is 6.61 Å². The maximum Gasteiger partial charge on any atom is 0.431 e. The standard InChI is InChI=1S/C4H6N4O4/c5-7-6-4(8(9)10)3-11-1-2-12-4/h1-3H2. The Bertz CT molecular complexity index is 225. The summed E-state index contributed by atoms with van der Waals surface area (Å²) in [5.74, 6) is -2.06. The molecular formula is C4H6N4O4. The summed E-state index contributed by atoms with van der Waals surface area (Å²) in [5, 5.41) is 13.4. The maximum atomic E-state index is 10.4. The van der Waals surface area contributed by atoms with Gasteiger partial charge in [-0.25, -0.2) is 0 Å². The Balaban J connectivity index is 2.83. The highest BCUT2D eigenvalue weighted by Crippen LogP contribution is 2.18. The molecule has 0 aromatic carbocycles. The minimum atomic E-state index is -2.06. The number of hydrogen-bond acceptors (Lipinski definition) is 5. The summed E-state index contributed by atoms with van der Waals surface area (Å²) in [4.78, 5) is 11.9. The van der Waals surface area contributed by atoms with Crippen molar-refractivity contribution in [2.45, 2.75) is 5.85 Å². The van der Waals surface area contributed by atoms with Crippen LogP contribution in [0.5, 0.6) is 0 Å². The maximum absolute atomic E-state index is 10.4. The first-order valence-corrected chi connectivity index (χ1v) is 3.14. The molecular weight excluding hydrogens is 168 g/mol. The lowest BCUT2D eigenvalue weighted by Gasteiger charge is -2.24. The lowest BCUT2D eigenvalue weighted by Crippen LogP contribution is -2.47. The first kappa shape index (κ1) is 8.72. The molecule has 12 heavy (non-hydrogen) atoms. The van der Waals surface area contributed by atoms with Crippen molar-refractivity contribution >= 4 is 0 Å². The van der Waals surface area contributed by atoms with Gasteiger partial charge in [-0.2, -0.15) is 0 Å². The Morgan fingerprint density at radius 2 is 2.42 bits per heavy atom. The molecule has 0 bridgehead atoms. The molecule has 0 spiro atoms. The average Bonchev–Trinajstić information content (AvgIpc) is 2.06. The van der Waals surface area contributed by atoms with Crippen LogP contribution < -0.4 is 0 Å². The third kappa shape index (κ3) is 1.45. The van der Waals surface area contributed by atoms with Crippen LogP contribution in [-0.4, -0.2) is 30.6 Å². The number of azide groups is 1. The SMILES string of the molecule is [N-]=[N+]=NC1([N+](=O)[O-])COCCO1. The lowest BCUT2D eigenvalue weighted by molar-refractivity contribution is -0.639. The van der Waals surface area contributed by atoms with E-state index >= 15 is 0 Å². The highest BCUT2D eigenvalue weighted by atomic mass is 16.7. The normalized spacial score (nSPS) is 29.0. The van der Waals surface area contributed by atoms with Crippen molar-refractivity contribution in [2.24, 2.45) is 5.11 Å². The van der Waals surface area contributed by atoms with Crippen LogP contribution in [0, 0.1) is 10.1 Å². The quantitative estimate of drug-likeness (QED) is 0.196. The second kappa shape index (κ2) is 3.35. The Kier molecular flexibility index (Phi) is 2.44. The second-order valence-corrected chi connectivity index (χ2v) is 2.09. The van der Waals surface area contributed by atoms with Crippen molar-refractivity contribution in [1.82, 2.24) is 0 Å². The molecule has 66 valence electrons. The molecule has 1 saturated heterocycles. The predicted octanol–water partition coefficient (Wildman–Crippen LogP) is 0.274. The number of nitrogens with zero attached hydrogens (tertiary/aromatic N) is 4. The van der Waals surface area contributed by atoms with E-state index in [1.54, 1.807) is 0 Å². The van der Waals surface area contributed by atoms with Gasteiger partial charge in [0.1, 0.15) is 0 Å². The summed E-state index contributed by atoms with van der Waals surface area (Å²) < 4.78 is 9.49. The van der Waals surface area contributed by atoms with Crippen LogP contribution in [-0.2, 0) is 9.47 Å². The molecule has 1 aliphatic heterocycles. The van der Waals surface area contributed by atoms with Crippen molar-refractivity contribution in [3.8, 4) is 0 Å². The summed E-state index contributed by atoms with van der Waals surface area (Å²) in [5.41, 5.74) is 8.05. The fourth-order valence-corrected chi connectivity index (χ4v) is 0.780. The minimum Gasteiger partial charge on any atom is -0.369 e. The van der Waals surface area contributed by atoms with E-state index in [2.05, 4.69) is 10.0 Å². The number of nitro groups is 1. The molecule has 1 heterocycles. The topological polar surface area (TPSA) is 110 Å². The highest BCUT2D eigenvalue weighted by Gasteiger charge is 2.46. The van der Waals surface area contributed by atoms with Crippen molar-refractivity contribution < 1.29 is 14.4 Å². The van der Waals surface area contributed by atoms with Gasteiger partial charge in [-0.15, -0.1) is 0 Å². The Morgan fingerprint density at radius 1 is 1.67 bits per heavy atom. The van der Waals surface area contributed by atoms with Gasteiger partial charge in [0.2, 0.25) is 0 Å². The molecule has 0 aromatic heterocycles. The molecule has 1 fully saturated rings. The largest absolute Gasteiger partial charge is 0.431 e. The molecule has 8 nitrogen and oxygen atoms in total. The van der Waals surface area contributed by atoms with Crippen molar-refractivity contribution in [1.29, 1.82) is 0 Å². The summed E-state index contributed by atoms with van der Waals surface area (Å²) >= 11 is 0. The zero-order valence-corrected chi connectivity index (χ0v) is 6.04. The first-order valence-electron chi connectivity index (χ1n) is 3.14. The van der Waals surface area contributed by atoms with Gasteiger partial charge in [-0.3, -0.25) is 10.1 Å². The molecule has 0 radical (unpaired) electrons. The fourth-order valence-electron chi connectivity index (χ4n) is 0.780. The molecule has 1 rings (SSSR count). The second-order valence-electron chi connectivity index (χ2n) is 2.09. The van der Waals surface area contributed by atoms with E-state index < -0.39 is 10.8 Å². The van der Waals surface area contributed by atoms with E-state index in [9.17, 15) is 10.1 Å². The van der Waals surface area contributed by atoms with E-state index in [-0.39, 0.29) is 19.8 Å². The van der Waals surface area contributed by atoms with E-state index in [1.807, 2.05) is 0 Å². The number of hydrogen-bond donors (Lipinski definition) is 0. The highest BCUT2D eigenvalue weighted by molar-refractivity contribution is 4.68. The van der Waals surface area contributed by atoms with Crippen LogP contribution >= 0.6 is 0 Å². The summed E-state index contributed by atoms with van der Waals surface area (Å²) in [6.45, 7) is -0.0133. The predicted molar refractivity (Wildman–Crippen MR) is 35.6 cm³/mol.